The van der Waals surface area contributed by atoms with E-state index >= 15 is 0 Å². The summed E-state index contributed by atoms with van der Waals surface area (Å²) < 4.78 is 1.74. The van der Waals surface area contributed by atoms with Crippen LogP contribution in [0.5, 0.6) is 0 Å². The molecule has 0 saturated carbocycles. The summed E-state index contributed by atoms with van der Waals surface area (Å²) in [4.78, 5) is 20.2. The zero-order valence-electron chi connectivity index (χ0n) is 6.17. The molecule has 0 aromatic heterocycles. The molecule has 1 aliphatic rings. The second-order valence-corrected chi connectivity index (χ2v) is 5.42. The summed E-state index contributed by atoms with van der Waals surface area (Å²) >= 11 is -0.612. The molecule has 0 radical (unpaired) electrons. The first kappa shape index (κ1) is 9.12. The van der Waals surface area contributed by atoms with Crippen LogP contribution in [-0.2, 0) is 27.3 Å². The van der Waals surface area contributed by atoms with E-state index in [0.717, 1.165) is 6.42 Å². The van der Waals surface area contributed by atoms with Gasteiger partial charge < -0.3 is 0 Å². The van der Waals surface area contributed by atoms with Gasteiger partial charge in [-0.25, -0.2) is 0 Å². The molecule has 63 valence electrons. The van der Waals surface area contributed by atoms with Gasteiger partial charge in [0.1, 0.15) is 0 Å². The van der Waals surface area contributed by atoms with Gasteiger partial charge in [-0.15, -0.1) is 0 Å². The molecule has 0 aliphatic heterocycles. The Morgan fingerprint density at radius 2 is 2.42 bits per heavy atom. The number of carbonyl (C=O) groups excluding carboxylic acids is 2. The molecule has 0 saturated heterocycles. The Labute approximate surface area is 78.3 Å². The summed E-state index contributed by atoms with van der Waals surface area (Å²) in [5, 5.41) is 0. The standard InChI is InChI=1S/C5H5.C4HO2.Ir/c1-2-4-5-3-1;5-3-1-2-4-6;/h1-3H,4H2;1H;. The Hall–Kier alpha value is -0.971. The number of hydrogen-bond acceptors (Lipinski definition) is 2. The molecule has 12 heavy (non-hydrogen) atoms. The van der Waals surface area contributed by atoms with Crippen LogP contribution in [0.3, 0.4) is 0 Å². The van der Waals surface area contributed by atoms with Crippen LogP contribution >= 0.6 is 0 Å². The predicted octanol–water partition coefficient (Wildman–Crippen LogP) is 1.02. The van der Waals surface area contributed by atoms with Crippen LogP contribution in [0.25, 0.3) is 0 Å². The Morgan fingerprint density at radius 1 is 1.58 bits per heavy atom. The van der Waals surface area contributed by atoms with Crippen molar-refractivity contribution < 1.29 is 27.3 Å². The maximum absolute atomic E-state index is 10.3. The van der Waals surface area contributed by atoms with Crippen molar-refractivity contribution >= 4 is 11.9 Å². The summed E-state index contributed by atoms with van der Waals surface area (Å²) in [7, 11) is 0. The van der Waals surface area contributed by atoms with E-state index in [1.54, 1.807) is 11.9 Å². The fourth-order valence-electron chi connectivity index (χ4n) is 0.708. The summed E-state index contributed by atoms with van der Waals surface area (Å²) in [5.74, 6) is 3.37. The summed E-state index contributed by atoms with van der Waals surface area (Å²) in [5.41, 5.74) is 0. The van der Waals surface area contributed by atoms with Gasteiger partial charge in [-0.3, -0.25) is 0 Å². The molecule has 0 unspecified atom stereocenters. The van der Waals surface area contributed by atoms with Crippen molar-refractivity contribution in [1.82, 2.24) is 0 Å². The Kier molecular flexibility index (Phi) is 3.66. The Morgan fingerprint density at radius 3 is 2.92 bits per heavy atom. The summed E-state index contributed by atoms with van der Waals surface area (Å²) in [6.07, 6.45) is 8.10. The van der Waals surface area contributed by atoms with Gasteiger partial charge in [-0.05, 0) is 0 Å². The normalized spacial score (nSPS) is 13.5. The minimum absolute atomic E-state index is 0.486. The van der Waals surface area contributed by atoms with E-state index in [2.05, 4.69) is 0 Å². The van der Waals surface area contributed by atoms with Gasteiger partial charge in [0.15, 0.2) is 0 Å². The van der Waals surface area contributed by atoms with E-state index in [-0.39, 0.29) is 0 Å². The third-order valence-electron chi connectivity index (χ3n) is 1.18. The Balaban J connectivity index is 2.61. The molecule has 1 rings (SSSR count). The zero-order valence-corrected chi connectivity index (χ0v) is 8.56. The van der Waals surface area contributed by atoms with Gasteiger partial charge in [-0.2, -0.15) is 0 Å². The fraction of sp³-hybridized carbons (Fsp3) is 0.111. The Bertz CT molecular complexity index is 326. The quantitative estimate of drug-likeness (QED) is 0.569. The van der Waals surface area contributed by atoms with Crippen molar-refractivity contribution in [3.63, 3.8) is 0 Å². The van der Waals surface area contributed by atoms with Crippen molar-refractivity contribution in [3.05, 3.63) is 32.5 Å². The van der Waals surface area contributed by atoms with Crippen molar-refractivity contribution in [2.45, 2.75) is 6.42 Å². The first-order valence-corrected chi connectivity index (χ1v) is 5.68. The van der Waals surface area contributed by atoms with Crippen LogP contribution in [0.4, 0.5) is 0 Å². The van der Waals surface area contributed by atoms with Crippen LogP contribution in [0, 0.1) is 0 Å². The monoisotopic (exact) mass is 339 g/mol. The van der Waals surface area contributed by atoms with Crippen molar-refractivity contribution in [2.24, 2.45) is 0 Å². The van der Waals surface area contributed by atoms with E-state index in [9.17, 15) is 9.59 Å². The zero-order chi connectivity index (χ0) is 8.81. The molecule has 0 aromatic rings. The van der Waals surface area contributed by atoms with Gasteiger partial charge in [0.2, 0.25) is 0 Å². The average Bonchev–Trinajstić information content (AvgIpc) is 2.56. The second kappa shape index (κ2) is 4.82. The van der Waals surface area contributed by atoms with Gasteiger partial charge in [0, 0.05) is 0 Å². The molecule has 0 bridgehead atoms. The molecule has 0 spiro atoms. The van der Waals surface area contributed by atoms with Crippen LogP contribution in [0.15, 0.2) is 32.5 Å². The van der Waals surface area contributed by atoms with E-state index in [1.807, 2.05) is 18.2 Å². The molecule has 0 fully saturated rings. The minimum atomic E-state index is -0.612. The number of rotatable bonds is 3. The van der Waals surface area contributed by atoms with Crippen molar-refractivity contribution in [2.75, 3.05) is 0 Å². The molecule has 1 aliphatic carbocycles. The maximum atomic E-state index is 10.3. The molecule has 0 aromatic carbocycles. The second-order valence-electron chi connectivity index (χ2n) is 1.99. The van der Waals surface area contributed by atoms with Crippen LogP contribution in [0.2, 0.25) is 0 Å². The molecule has 0 heterocycles. The SMILES string of the molecule is O=C=C[C](=C=O)[Ir][C]1=CC=CC1. The van der Waals surface area contributed by atoms with E-state index in [0.29, 0.717) is 4.09 Å². The molecule has 2 nitrogen and oxygen atoms in total. The van der Waals surface area contributed by atoms with Crippen LogP contribution in [0.1, 0.15) is 6.42 Å². The van der Waals surface area contributed by atoms with E-state index in [1.165, 1.54) is 10.2 Å². The topological polar surface area (TPSA) is 34.1 Å². The average molecular weight is 338 g/mol. The van der Waals surface area contributed by atoms with Gasteiger partial charge in [-0.1, -0.05) is 0 Å². The van der Waals surface area contributed by atoms with Gasteiger partial charge in [0.05, 0.1) is 0 Å². The van der Waals surface area contributed by atoms with Crippen LogP contribution < -0.4 is 0 Å². The molecule has 0 N–H and O–H groups in total. The molecule has 0 atom stereocenters. The van der Waals surface area contributed by atoms with Gasteiger partial charge >= 0.3 is 78.1 Å². The third-order valence-corrected chi connectivity index (χ3v) is 4.07. The van der Waals surface area contributed by atoms with Gasteiger partial charge in [0.25, 0.3) is 0 Å². The number of hydrogen-bond donors (Lipinski definition) is 0. The molecular weight excluding hydrogens is 332 g/mol. The molecule has 0 amide bonds. The predicted molar refractivity (Wildman–Crippen MR) is 41.3 cm³/mol. The van der Waals surface area contributed by atoms with E-state index in [4.69, 9.17) is 0 Å². The molecular formula is C9H6IrO2. The van der Waals surface area contributed by atoms with Crippen LogP contribution in [-0.4, -0.2) is 11.9 Å². The summed E-state index contributed by atoms with van der Waals surface area (Å²) in [6.45, 7) is 0. The first-order chi connectivity index (χ1) is 5.86. The molecule has 3 heteroatoms. The van der Waals surface area contributed by atoms with E-state index < -0.39 is 17.7 Å². The first-order valence-electron chi connectivity index (χ1n) is 3.29. The fourth-order valence-corrected chi connectivity index (χ4v) is 2.93. The van der Waals surface area contributed by atoms with Crippen molar-refractivity contribution in [1.29, 1.82) is 0 Å². The third kappa shape index (κ3) is 2.58. The summed E-state index contributed by atoms with van der Waals surface area (Å²) in [6, 6.07) is 0. The van der Waals surface area contributed by atoms with Crippen molar-refractivity contribution in [3.8, 4) is 0 Å². The number of allylic oxidation sites excluding steroid dienone is 6.